The van der Waals surface area contributed by atoms with Crippen LogP contribution in [0.1, 0.15) is 12.8 Å². The minimum atomic E-state index is -1.03. The van der Waals surface area contributed by atoms with Gasteiger partial charge in [0.2, 0.25) is 0 Å². The molecule has 0 radical (unpaired) electrons. The van der Waals surface area contributed by atoms with Crippen molar-refractivity contribution in [2.45, 2.75) is 49.5 Å². The molecular formula is C12H22O7. The van der Waals surface area contributed by atoms with Crippen LogP contribution in [0, 0.1) is 0 Å². The Kier molecular flexibility index (Phi) is 5.52. The fourth-order valence-corrected chi connectivity index (χ4v) is 1.99. The van der Waals surface area contributed by atoms with Crippen LogP contribution in [0.3, 0.4) is 0 Å². The first-order valence-electron chi connectivity index (χ1n) is 6.60. The fourth-order valence-electron chi connectivity index (χ4n) is 1.99. The highest BCUT2D eigenvalue weighted by atomic mass is 16.6. The Morgan fingerprint density at radius 1 is 0.895 bits per heavy atom. The summed E-state index contributed by atoms with van der Waals surface area (Å²) >= 11 is 0. The van der Waals surface area contributed by atoms with E-state index >= 15 is 0 Å². The normalized spacial score (nSPS) is 31.6. The molecule has 0 amide bonds. The van der Waals surface area contributed by atoms with Gasteiger partial charge in [0, 0.05) is 12.8 Å². The molecular weight excluding hydrogens is 256 g/mol. The summed E-state index contributed by atoms with van der Waals surface area (Å²) in [6, 6.07) is 0. The first-order chi connectivity index (χ1) is 9.13. The predicted octanol–water partition coefficient (Wildman–Crippen LogP) is -1.98. The van der Waals surface area contributed by atoms with Crippen LogP contribution in [-0.4, -0.2) is 83.5 Å². The summed E-state index contributed by atoms with van der Waals surface area (Å²) in [5.41, 5.74) is 0. The number of aliphatic hydroxyl groups excluding tert-OH is 4. The molecule has 2 fully saturated rings. The average Bonchev–Trinajstić information content (AvgIpc) is 3.29. The van der Waals surface area contributed by atoms with Crippen molar-refractivity contribution in [3.63, 3.8) is 0 Å². The van der Waals surface area contributed by atoms with E-state index in [1.54, 1.807) is 0 Å². The van der Waals surface area contributed by atoms with Crippen LogP contribution in [-0.2, 0) is 14.2 Å². The van der Waals surface area contributed by atoms with Crippen molar-refractivity contribution in [2.75, 3.05) is 26.4 Å². The number of epoxide rings is 2. The summed E-state index contributed by atoms with van der Waals surface area (Å²) < 4.78 is 15.8. The van der Waals surface area contributed by atoms with Gasteiger partial charge in [-0.1, -0.05) is 0 Å². The molecule has 2 saturated heterocycles. The van der Waals surface area contributed by atoms with E-state index in [0.29, 0.717) is 26.1 Å². The SMILES string of the molecule is OCC(O)C(CC1CO1)OC(CC1CO1)C(O)CO. The van der Waals surface area contributed by atoms with E-state index in [2.05, 4.69) is 0 Å². The maximum absolute atomic E-state index is 9.74. The van der Waals surface area contributed by atoms with Gasteiger partial charge >= 0.3 is 0 Å². The van der Waals surface area contributed by atoms with Gasteiger partial charge in [-0.25, -0.2) is 0 Å². The zero-order chi connectivity index (χ0) is 13.8. The third-order valence-corrected chi connectivity index (χ3v) is 3.38. The molecule has 7 heteroatoms. The van der Waals surface area contributed by atoms with Crippen molar-refractivity contribution >= 4 is 0 Å². The largest absolute Gasteiger partial charge is 0.394 e. The average molecular weight is 278 g/mol. The van der Waals surface area contributed by atoms with Gasteiger partial charge in [0.25, 0.3) is 0 Å². The number of ether oxygens (including phenoxy) is 3. The second-order valence-electron chi connectivity index (χ2n) is 5.09. The second kappa shape index (κ2) is 6.94. The van der Waals surface area contributed by atoms with E-state index < -0.39 is 37.6 Å². The van der Waals surface area contributed by atoms with Crippen LogP contribution in [0.5, 0.6) is 0 Å². The topological polar surface area (TPSA) is 115 Å². The maximum Gasteiger partial charge on any atom is 0.103 e. The molecule has 0 saturated carbocycles. The molecule has 0 spiro atoms. The molecule has 0 aliphatic carbocycles. The fraction of sp³-hybridized carbons (Fsp3) is 1.00. The van der Waals surface area contributed by atoms with Gasteiger partial charge in [-0.05, 0) is 0 Å². The predicted molar refractivity (Wildman–Crippen MR) is 63.6 cm³/mol. The molecule has 19 heavy (non-hydrogen) atoms. The third-order valence-electron chi connectivity index (χ3n) is 3.38. The molecule has 2 aliphatic rings. The highest BCUT2D eigenvalue weighted by Crippen LogP contribution is 2.25. The van der Waals surface area contributed by atoms with E-state index in [-0.39, 0.29) is 12.2 Å². The van der Waals surface area contributed by atoms with Gasteiger partial charge in [0.05, 0.1) is 50.8 Å². The lowest BCUT2D eigenvalue weighted by molar-refractivity contribution is -0.139. The Morgan fingerprint density at radius 3 is 1.53 bits per heavy atom. The summed E-state index contributed by atoms with van der Waals surface area (Å²) in [5.74, 6) is 0. The molecule has 2 aliphatic heterocycles. The number of hydrogen-bond acceptors (Lipinski definition) is 7. The minimum Gasteiger partial charge on any atom is -0.394 e. The van der Waals surface area contributed by atoms with Crippen LogP contribution in [0.2, 0.25) is 0 Å². The molecule has 0 aromatic rings. The highest BCUT2D eigenvalue weighted by molar-refractivity contribution is 4.84. The van der Waals surface area contributed by atoms with Gasteiger partial charge in [0.1, 0.15) is 12.2 Å². The number of aliphatic hydroxyl groups is 4. The Labute approximate surface area is 111 Å². The van der Waals surface area contributed by atoms with Crippen molar-refractivity contribution in [2.24, 2.45) is 0 Å². The molecule has 0 aromatic heterocycles. The highest BCUT2D eigenvalue weighted by Gasteiger charge is 2.36. The lowest BCUT2D eigenvalue weighted by Gasteiger charge is -2.29. The summed E-state index contributed by atoms with van der Waals surface area (Å²) in [7, 11) is 0. The summed E-state index contributed by atoms with van der Waals surface area (Å²) in [5, 5.41) is 37.6. The summed E-state index contributed by atoms with van der Waals surface area (Å²) in [6.07, 6.45) is -2.31. The van der Waals surface area contributed by atoms with Crippen LogP contribution in [0.4, 0.5) is 0 Å². The zero-order valence-electron chi connectivity index (χ0n) is 10.7. The van der Waals surface area contributed by atoms with Crippen molar-refractivity contribution in [1.29, 1.82) is 0 Å². The summed E-state index contributed by atoms with van der Waals surface area (Å²) in [4.78, 5) is 0. The Balaban J connectivity index is 1.89. The van der Waals surface area contributed by atoms with E-state index in [1.165, 1.54) is 0 Å². The lowest BCUT2D eigenvalue weighted by Crippen LogP contribution is -2.42. The van der Waals surface area contributed by atoms with E-state index in [4.69, 9.17) is 24.4 Å². The number of rotatable bonds is 10. The Hall–Kier alpha value is -0.280. The second-order valence-corrected chi connectivity index (χ2v) is 5.09. The Morgan fingerprint density at radius 2 is 1.26 bits per heavy atom. The molecule has 7 nitrogen and oxygen atoms in total. The van der Waals surface area contributed by atoms with Crippen LogP contribution in [0.25, 0.3) is 0 Å². The molecule has 112 valence electrons. The Bertz CT molecular complexity index is 241. The molecule has 2 heterocycles. The smallest absolute Gasteiger partial charge is 0.103 e. The van der Waals surface area contributed by atoms with E-state index in [0.717, 1.165) is 0 Å². The molecule has 2 rings (SSSR count). The van der Waals surface area contributed by atoms with Crippen LogP contribution < -0.4 is 0 Å². The van der Waals surface area contributed by atoms with Gasteiger partial charge in [-0.3, -0.25) is 0 Å². The first-order valence-corrected chi connectivity index (χ1v) is 6.60. The third kappa shape index (κ3) is 4.96. The lowest BCUT2D eigenvalue weighted by atomic mass is 10.1. The molecule has 6 unspecified atom stereocenters. The molecule has 4 N–H and O–H groups in total. The van der Waals surface area contributed by atoms with Crippen molar-refractivity contribution < 1.29 is 34.6 Å². The van der Waals surface area contributed by atoms with Gasteiger partial charge < -0.3 is 34.6 Å². The minimum absolute atomic E-state index is 0.0373. The first kappa shape index (κ1) is 15.1. The van der Waals surface area contributed by atoms with Gasteiger partial charge in [-0.15, -0.1) is 0 Å². The summed E-state index contributed by atoms with van der Waals surface area (Å²) in [6.45, 7) is 0.409. The zero-order valence-corrected chi connectivity index (χ0v) is 10.7. The number of hydrogen-bond donors (Lipinski definition) is 4. The van der Waals surface area contributed by atoms with Crippen LogP contribution in [0.15, 0.2) is 0 Å². The quantitative estimate of drug-likeness (QED) is 0.342. The molecule has 0 aromatic carbocycles. The van der Waals surface area contributed by atoms with Crippen molar-refractivity contribution in [1.82, 2.24) is 0 Å². The molecule has 0 bridgehead atoms. The van der Waals surface area contributed by atoms with Gasteiger partial charge in [0.15, 0.2) is 0 Å². The standard InChI is InChI=1S/C12H22O7/c13-3-9(15)11(1-7-5-17-7)19-12(10(16)4-14)2-8-6-18-8/h7-16H,1-6H2. The van der Waals surface area contributed by atoms with Crippen LogP contribution >= 0.6 is 0 Å². The van der Waals surface area contributed by atoms with E-state index in [9.17, 15) is 10.2 Å². The van der Waals surface area contributed by atoms with Gasteiger partial charge in [-0.2, -0.15) is 0 Å². The molecule has 6 atom stereocenters. The van der Waals surface area contributed by atoms with E-state index in [1.807, 2.05) is 0 Å². The maximum atomic E-state index is 9.74. The van der Waals surface area contributed by atoms with Crippen molar-refractivity contribution in [3.05, 3.63) is 0 Å². The van der Waals surface area contributed by atoms with Crippen molar-refractivity contribution in [3.8, 4) is 0 Å². The monoisotopic (exact) mass is 278 g/mol.